The minimum absolute atomic E-state index is 0.105. The number of nitrogens with one attached hydrogen (secondary N) is 1. The molecular weight excluding hydrogens is 234 g/mol. The van der Waals surface area contributed by atoms with Gasteiger partial charge >= 0.3 is 0 Å². The monoisotopic (exact) mass is 255 g/mol. The van der Waals surface area contributed by atoms with E-state index in [1.54, 1.807) is 0 Å². The molecule has 2 N–H and O–H groups in total. The highest BCUT2D eigenvalue weighted by Gasteiger charge is 2.04. The van der Waals surface area contributed by atoms with Crippen molar-refractivity contribution in [3.8, 4) is 0 Å². The average molecular weight is 255 g/mol. The van der Waals surface area contributed by atoms with E-state index in [-0.39, 0.29) is 6.61 Å². The summed E-state index contributed by atoms with van der Waals surface area (Å²) in [6.45, 7) is 5.23. The van der Waals surface area contributed by atoms with Crippen molar-refractivity contribution in [2.45, 2.75) is 33.0 Å². The van der Waals surface area contributed by atoms with Crippen LogP contribution >= 0.6 is 0 Å². The second-order valence-electron chi connectivity index (χ2n) is 4.99. The fourth-order valence-corrected chi connectivity index (χ4v) is 2.09. The van der Waals surface area contributed by atoms with E-state index in [0.717, 1.165) is 12.1 Å². The molecule has 0 aromatic heterocycles. The van der Waals surface area contributed by atoms with E-state index in [1.807, 2.05) is 12.1 Å². The lowest BCUT2D eigenvalue weighted by atomic mass is 10.1. The van der Waals surface area contributed by atoms with Crippen LogP contribution in [0, 0.1) is 6.92 Å². The third-order valence-corrected chi connectivity index (χ3v) is 3.36. The fourth-order valence-electron chi connectivity index (χ4n) is 2.09. The Morgan fingerprint density at radius 2 is 1.74 bits per heavy atom. The van der Waals surface area contributed by atoms with Crippen LogP contribution in [0.25, 0.3) is 0 Å². The summed E-state index contributed by atoms with van der Waals surface area (Å²) in [5.74, 6) is 0. The van der Waals surface area contributed by atoms with Crippen molar-refractivity contribution in [2.75, 3.05) is 0 Å². The fraction of sp³-hybridized carbons (Fsp3) is 0.294. The van der Waals surface area contributed by atoms with E-state index in [0.29, 0.717) is 6.04 Å². The largest absolute Gasteiger partial charge is 0.392 e. The summed E-state index contributed by atoms with van der Waals surface area (Å²) >= 11 is 0. The summed E-state index contributed by atoms with van der Waals surface area (Å²) in [6, 6.07) is 17.0. The molecule has 2 nitrogen and oxygen atoms in total. The van der Waals surface area contributed by atoms with Crippen molar-refractivity contribution in [3.05, 3.63) is 70.8 Å². The van der Waals surface area contributed by atoms with Gasteiger partial charge in [0.2, 0.25) is 0 Å². The molecule has 0 aliphatic carbocycles. The molecule has 100 valence electrons. The van der Waals surface area contributed by atoms with Gasteiger partial charge in [-0.25, -0.2) is 0 Å². The molecule has 0 fully saturated rings. The minimum Gasteiger partial charge on any atom is -0.392 e. The Morgan fingerprint density at radius 1 is 1.05 bits per heavy atom. The summed E-state index contributed by atoms with van der Waals surface area (Å²) in [7, 11) is 0. The van der Waals surface area contributed by atoms with Gasteiger partial charge in [0.05, 0.1) is 6.61 Å². The maximum absolute atomic E-state index is 9.01. The lowest BCUT2D eigenvalue weighted by Gasteiger charge is -2.15. The SMILES string of the molecule is Cc1cccc([C@@H](C)NCc2ccc(CO)cc2)c1. The second kappa shape index (κ2) is 6.50. The molecule has 0 saturated carbocycles. The van der Waals surface area contributed by atoms with Gasteiger partial charge in [0.15, 0.2) is 0 Å². The Hall–Kier alpha value is -1.64. The molecule has 1 atom stereocenters. The Bertz CT molecular complexity index is 519. The molecule has 2 heteroatoms. The molecule has 2 aromatic rings. The maximum atomic E-state index is 9.01. The number of aliphatic hydroxyl groups is 1. The Labute approximate surface area is 115 Å². The maximum Gasteiger partial charge on any atom is 0.0681 e. The van der Waals surface area contributed by atoms with Crippen LogP contribution in [0.15, 0.2) is 48.5 Å². The van der Waals surface area contributed by atoms with Gasteiger partial charge in [-0.05, 0) is 30.5 Å². The second-order valence-corrected chi connectivity index (χ2v) is 4.99. The number of benzene rings is 2. The first-order valence-corrected chi connectivity index (χ1v) is 6.67. The zero-order chi connectivity index (χ0) is 13.7. The van der Waals surface area contributed by atoms with Crippen LogP contribution in [-0.2, 0) is 13.2 Å². The molecule has 0 amide bonds. The molecule has 0 unspecified atom stereocenters. The summed E-state index contributed by atoms with van der Waals surface area (Å²) in [5.41, 5.74) is 4.79. The van der Waals surface area contributed by atoms with E-state index in [9.17, 15) is 0 Å². The van der Waals surface area contributed by atoms with Gasteiger partial charge < -0.3 is 10.4 Å². The summed E-state index contributed by atoms with van der Waals surface area (Å²) < 4.78 is 0. The lowest BCUT2D eigenvalue weighted by molar-refractivity contribution is 0.282. The van der Waals surface area contributed by atoms with Gasteiger partial charge in [-0.15, -0.1) is 0 Å². The van der Waals surface area contributed by atoms with E-state index in [4.69, 9.17) is 5.11 Å². The van der Waals surface area contributed by atoms with Crippen molar-refractivity contribution in [1.29, 1.82) is 0 Å². The standard InChI is InChI=1S/C17H21NO/c1-13-4-3-5-17(10-13)14(2)18-11-15-6-8-16(12-19)9-7-15/h3-10,14,18-19H,11-12H2,1-2H3/t14-/m1/s1. The molecule has 2 aromatic carbocycles. The topological polar surface area (TPSA) is 32.3 Å². The molecule has 0 heterocycles. The Kier molecular flexibility index (Phi) is 4.72. The van der Waals surface area contributed by atoms with Crippen molar-refractivity contribution in [3.63, 3.8) is 0 Å². The van der Waals surface area contributed by atoms with Crippen LogP contribution in [0.3, 0.4) is 0 Å². The van der Waals surface area contributed by atoms with E-state index >= 15 is 0 Å². The first-order valence-electron chi connectivity index (χ1n) is 6.67. The third kappa shape index (κ3) is 3.91. The summed E-state index contributed by atoms with van der Waals surface area (Å²) in [5, 5.41) is 12.5. The van der Waals surface area contributed by atoms with Crippen LogP contribution in [-0.4, -0.2) is 5.11 Å². The van der Waals surface area contributed by atoms with Gasteiger partial charge in [-0.1, -0.05) is 54.1 Å². The summed E-state index contributed by atoms with van der Waals surface area (Å²) in [6.07, 6.45) is 0. The van der Waals surface area contributed by atoms with Gasteiger partial charge in [0, 0.05) is 12.6 Å². The van der Waals surface area contributed by atoms with Crippen LogP contribution in [0.2, 0.25) is 0 Å². The highest BCUT2D eigenvalue weighted by molar-refractivity contribution is 5.25. The van der Waals surface area contributed by atoms with Crippen molar-refractivity contribution in [1.82, 2.24) is 5.32 Å². The smallest absolute Gasteiger partial charge is 0.0681 e. The first-order chi connectivity index (χ1) is 9.19. The summed E-state index contributed by atoms with van der Waals surface area (Å²) in [4.78, 5) is 0. The molecule has 0 aliphatic heterocycles. The molecular formula is C17H21NO. The van der Waals surface area contributed by atoms with E-state index in [2.05, 4.69) is 55.6 Å². The van der Waals surface area contributed by atoms with Crippen molar-refractivity contribution < 1.29 is 5.11 Å². The molecule has 2 rings (SSSR count). The molecule has 0 spiro atoms. The van der Waals surface area contributed by atoms with Crippen molar-refractivity contribution >= 4 is 0 Å². The van der Waals surface area contributed by atoms with Crippen LogP contribution in [0.5, 0.6) is 0 Å². The molecule has 0 radical (unpaired) electrons. The van der Waals surface area contributed by atoms with Gasteiger partial charge in [-0.2, -0.15) is 0 Å². The highest BCUT2D eigenvalue weighted by atomic mass is 16.3. The Balaban J connectivity index is 1.94. The predicted molar refractivity (Wildman–Crippen MR) is 78.8 cm³/mol. The first kappa shape index (κ1) is 13.8. The number of hydrogen-bond donors (Lipinski definition) is 2. The molecule has 0 aliphatic rings. The lowest BCUT2D eigenvalue weighted by Crippen LogP contribution is -2.18. The van der Waals surface area contributed by atoms with E-state index in [1.165, 1.54) is 16.7 Å². The average Bonchev–Trinajstić information content (AvgIpc) is 2.45. The van der Waals surface area contributed by atoms with E-state index < -0.39 is 0 Å². The highest BCUT2D eigenvalue weighted by Crippen LogP contribution is 2.14. The van der Waals surface area contributed by atoms with Crippen LogP contribution in [0.4, 0.5) is 0 Å². The van der Waals surface area contributed by atoms with Gasteiger partial charge in [0.1, 0.15) is 0 Å². The van der Waals surface area contributed by atoms with Gasteiger partial charge in [0.25, 0.3) is 0 Å². The number of aliphatic hydroxyl groups excluding tert-OH is 1. The molecule has 19 heavy (non-hydrogen) atoms. The molecule has 0 saturated heterocycles. The zero-order valence-electron chi connectivity index (χ0n) is 11.6. The Morgan fingerprint density at radius 3 is 2.37 bits per heavy atom. The van der Waals surface area contributed by atoms with Crippen molar-refractivity contribution in [2.24, 2.45) is 0 Å². The van der Waals surface area contributed by atoms with Crippen LogP contribution < -0.4 is 5.32 Å². The van der Waals surface area contributed by atoms with Crippen LogP contribution in [0.1, 0.15) is 35.2 Å². The third-order valence-electron chi connectivity index (χ3n) is 3.36. The molecule has 0 bridgehead atoms. The minimum atomic E-state index is 0.105. The normalized spacial score (nSPS) is 12.4. The van der Waals surface area contributed by atoms with Gasteiger partial charge in [-0.3, -0.25) is 0 Å². The number of hydrogen-bond acceptors (Lipinski definition) is 2. The predicted octanol–water partition coefficient (Wildman–Crippen LogP) is 3.34. The zero-order valence-corrected chi connectivity index (χ0v) is 11.6. The number of aryl methyl sites for hydroxylation is 1. The number of rotatable bonds is 5. The quantitative estimate of drug-likeness (QED) is 0.859.